The molecule has 2 aromatic carbocycles. The molecule has 0 unspecified atom stereocenters. The summed E-state index contributed by atoms with van der Waals surface area (Å²) in [6, 6.07) is 15.8. The van der Waals surface area contributed by atoms with Gasteiger partial charge in [-0.15, -0.1) is 0 Å². The van der Waals surface area contributed by atoms with E-state index >= 15 is 0 Å². The summed E-state index contributed by atoms with van der Waals surface area (Å²) in [6.45, 7) is 1.96. The van der Waals surface area contributed by atoms with Gasteiger partial charge in [0.05, 0.1) is 12.1 Å². The molecule has 2 aliphatic rings. The lowest BCUT2D eigenvalue weighted by Gasteiger charge is -2.26. The third-order valence-electron chi connectivity index (χ3n) is 5.68. The highest BCUT2D eigenvalue weighted by atomic mass is 19.1. The zero-order valence-electron chi connectivity index (χ0n) is 14.1. The van der Waals surface area contributed by atoms with Gasteiger partial charge in [-0.25, -0.2) is 4.39 Å². The Morgan fingerprint density at radius 1 is 1.08 bits per heavy atom. The number of hydrogen-bond acceptors (Lipinski definition) is 3. The molecule has 1 aliphatic heterocycles. The summed E-state index contributed by atoms with van der Waals surface area (Å²) in [6.07, 6.45) is 1.48. The number of fused-ring (bicyclic) bond motifs is 1. The van der Waals surface area contributed by atoms with Gasteiger partial charge in [-0.05, 0) is 42.4 Å². The van der Waals surface area contributed by atoms with Crippen LogP contribution >= 0.6 is 0 Å². The Morgan fingerprint density at radius 2 is 1.76 bits per heavy atom. The summed E-state index contributed by atoms with van der Waals surface area (Å²) in [5, 5.41) is 11.0. The minimum atomic E-state index is -0.741. The van der Waals surface area contributed by atoms with Gasteiger partial charge in [0.1, 0.15) is 5.82 Å². The number of benzene rings is 2. The Bertz CT molecular complexity index is 762. The SMILES string of the molecule is O=C(CN1C[C@@H]2C[C@@](O)(c3ccccc3)C[C@@H]2C1)c1cccc(F)c1. The lowest BCUT2D eigenvalue weighted by atomic mass is 9.90. The molecular formula is C21H22FNO2. The molecule has 130 valence electrons. The molecule has 1 heterocycles. The number of likely N-dealkylation sites (tertiary alicyclic amines) is 1. The maximum Gasteiger partial charge on any atom is 0.176 e. The van der Waals surface area contributed by atoms with Crippen molar-refractivity contribution < 1.29 is 14.3 Å². The highest BCUT2D eigenvalue weighted by molar-refractivity contribution is 5.97. The molecule has 25 heavy (non-hydrogen) atoms. The molecule has 3 atom stereocenters. The Hall–Kier alpha value is -2.04. The molecule has 4 rings (SSSR count). The van der Waals surface area contributed by atoms with Gasteiger partial charge >= 0.3 is 0 Å². The number of carbonyl (C=O) groups is 1. The highest BCUT2D eigenvalue weighted by Crippen LogP contribution is 2.48. The maximum atomic E-state index is 13.3. The quantitative estimate of drug-likeness (QED) is 0.870. The van der Waals surface area contributed by atoms with Crippen molar-refractivity contribution in [1.29, 1.82) is 0 Å². The molecule has 1 aliphatic carbocycles. The van der Waals surface area contributed by atoms with Crippen molar-refractivity contribution in [2.75, 3.05) is 19.6 Å². The number of rotatable bonds is 4. The van der Waals surface area contributed by atoms with Crippen molar-refractivity contribution in [2.24, 2.45) is 11.8 Å². The van der Waals surface area contributed by atoms with Crippen molar-refractivity contribution >= 4 is 5.78 Å². The number of ketones is 1. The Morgan fingerprint density at radius 3 is 2.40 bits per heavy atom. The van der Waals surface area contributed by atoms with Gasteiger partial charge in [-0.1, -0.05) is 42.5 Å². The van der Waals surface area contributed by atoms with E-state index < -0.39 is 5.60 Å². The van der Waals surface area contributed by atoms with Crippen LogP contribution in [0.4, 0.5) is 4.39 Å². The molecule has 0 amide bonds. The molecule has 0 spiro atoms. The van der Waals surface area contributed by atoms with Crippen LogP contribution in [0, 0.1) is 17.7 Å². The maximum absolute atomic E-state index is 13.3. The molecule has 3 nitrogen and oxygen atoms in total. The number of carbonyl (C=O) groups excluding carboxylic acids is 1. The third kappa shape index (κ3) is 3.24. The van der Waals surface area contributed by atoms with Crippen molar-refractivity contribution in [3.8, 4) is 0 Å². The standard InChI is InChI=1S/C21H22FNO2/c22-19-8-4-5-15(9-19)20(24)14-23-12-16-10-21(25,11-17(16)13-23)18-6-2-1-3-7-18/h1-9,16-17,25H,10-14H2/t16-,17+,21-. The fourth-order valence-electron chi connectivity index (χ4n) is 4.52. The van der Waals surface area contributed by atoms with Gasteiger partial charge in [0.15, 0.2) is 5.78 Å². The lowest BCUT2D eigenvalue weighted by molar-refractivity contribution is 0.0315. The predicted octanol–water partition coefficient (Wildman–Crippen LogP) is 3.24. The van der Waals surface area contributed by atoms with Gasteiger partial charge in [-0.2, -0.15) is 0 Å². The van der Waals surface area contributed by atoms with Crippen LogP contribution in [0.3, 0.4) is 0 Å². The Kier molecular flexibility index (Phi) is 4.18. The zero-order chi connectivity index (χ0) is 17.4. The second-order valence-corrected chi connectivity index (χ2v) is 7.45. The first-order chi connectivity index (χ1) is 12.0. The summed E-state index contributed by atoms with van der Waals surface area (Å²) in [5.41, 5.74) is 0.680. The molecule has 0 aromatic heterocycles. The van der Waals surface area contributed by atoms with Crippen LogP contribution in [0.25, 0.3) is 0 Å². The average molecular weight is 339 g/mol. The second-order valence-electron chi connectivity index (χ2n) is 7.45. The van der Waals surface area contributed by atoms with Gasteiger partial charge in [0, 0.05) is 18.7 Å². The number of Topliss-reactive ketones (excluding diaryl/α,β-unsaturated/α-hetero) is 1. The Balaban J connectivity index is 1.39. The zero-order valence-corrected chi connectivity index (χ0v) is 14.1. The molecule has 0 bridgehead atoms. The molecule has 1 saturated carbocycles. The van der Waals surface area contributed by atoms with Crippen molar-refractivity contribution in [2.45, 2.75) is 18.4 Å². The summed E-state index contributed by atoms with van der Waals surface area (Å²) in [7, 11) is 0. The average Bonchev–Trinajstić information content (AvgIpc) is 3.10. The van der Waals surface area contributed by atoms with E-state index in [2.05, 4.69) is 4.90 Å². The number of hydrogen-bond donors (Lipinski definition) is 1. The topological polar surface area (TPSA) is 40.5 Å². The molecular weight excluding hydrogens is 317 g/mol. The normalized spacial score (nSPS) is 28.9. The number of aliphatic hydroxyl groups is 1. The number of nitrogens with zero attached hydrogens (tertiary/aromatic N) is 1. The van der Waals surface area contributed by atoms with E-state index in [0.29, 0.717) is 23.9 Å². The first-order valence-corrected chi connectivity index (χ1v) is 8.82. The van der Waals surface area contributed by atoms with Crippen LogP contribution in [0.1, 0.15) is 28.8 Å². The monoisotopic (exact) mass is 339 g/mol. The van der Waals surface area contributed by atoms with E-state index in [1.165, 1.54) is 12.1 Å². The van der Waals surface area contributed by atoms with E-state index in [4.69, 9.17) is 0 Å². The lowest BCUT2D eigenvalue weighted by Crippen LogP contribution is -2.31. The minimum absolute atomic E-state index is 0.0437. The summed E-state index contributed by atoms with van der Waals surface area (Å²) in [5.74, 6) is 0.394. The van der Waals surface area contributed by atoms with Crippen molar-refractivity contribution in [1.82, 2.24) is 4.90 Å². The first kappa shape index (κ1) is 16.4. The summed E-state index contributed by atoms with van der Waals surface area (Å²) >= 11 is 0. The molecule has 1 N–H and O–H groups in total. The van der Waals surface area contributed by atoms with E-state index in [9.17, 15) is 14.3 Å². The van der Waals surface area contributed by atoms with Gasteiger partial charge < -0.3 is 5.11 Å². The van der Waals surface area contributed by atoms with Crippen LogP contribution in [-0.2, 0) is 5.60 Å². The van der Waals surface area contributed by atoms with Crippen LogP contribution in [0.5, 0.6) is 0 Å². The fourth-order valence-corrected chi connectivity index (χ4v) is 4.52. The van der Waals surface area contributed by atoms with Gasteiger partial charge in [-0.3, -0.25) is 9.69 Å². The highest BCUT2D eigenvalue weighted by Gasteiger charge is 2.49. The minimum Gasteiger partial charge on any atom is -0.385 e. The van der Waals surface area contributed by atoms with Gasteiger partial charge in [0.2, 0.25) is 0 Å². The third-order valence-corrected chi connectivity index (χ3v) is 5.68. The molecule has 2 aromatic rings. The van der Waals surface area contributed by atoms with Crippen LogP contribution < -0.4 is 0 Å². The molecule has 1 saturated heterocycles. The van der Waals surface area contributed by atoms with Crippen LogP contribution in [0.15, 0.2) is 54.6 Å². The predicted molar refractivity (Wildman–Crippen MR) is 93.7 cm³/mol. The summed E-state index contributed by atoms with van der Waals surface area (Å²) < 4.78 is 13.3. The number of halogens is 1. The van der Waals surface area contributed by atoms with E-state index in [-0.39, 0.29) is 11.6 Å². The van der Waals surface area contributed by atoms with E-state index in [1.54, 1.807) is 12.1 Å². The van der Waals surface area contributed by atoms with Crippen LogP contribution in [-0.4, -0.2) is 35.4 Å². The molecule has 0 radical (unpaired) electrons. The van der Waals surface area contributed by atoms with Gasteiger partial charge in [0.25, 0.3) is 0 Å². The fraction of sp³-hybridized carbons (Fsp3) is 0.381. The second kappa shape index (κ2) is 6.36. The van der Waals surface area contributed by atoms with Crippen LogP contribution in [0.2, 0.25) is 0 Å². The van der Waals surface area contributed by atoms with Crippen molar-refractivity contribution in [3.05, 3.63) is 71.5 Å². The molecule has 2 fully saturated rings. The smallest absolute Gasteiger partial charge is 0.176 e. The summed E-state index contributed by atoms with van der Waals surface area (Å²) in [4.78, 5) is 14.5. The van der Waals surface area contributed by atoms with E-state index in [0.717, 1.165) is 31.5 Å². The Labute approximate surface area is 147 Å². The van der Waals surface area contributed by atoms with E-state index in [1.807, 2.05) is 30.3 Å². The van der Waals surface area contributed by atoms with Crippen molar-refractivity contribution in [3.63, 3.8) is 0 Å². The largest absolute Gasteiger partial charge is 0.385 e. The molecule has 4 heteroatoms. The first-order valence-electron chi connectivity index (χ1n) is 8.82.